The van der Waals surface area contributed by atoms with E-state index in [9.17, 15) is 14.7 Å². The smallest absolute Gasteiger partial charge is 0.310 e. The lowest BCUT2D eigenvalue weighted by molar-refractivity contribution is -0.143. The second-order valence-corrected chi connectivity index (χ2v) is 7.68. The molecule has 0 aromatic heterocycles. The molecule has 2 aromatic rings. The monoisotopic (exact) mass is 380 g/mol. The van der Waals surface area contributed by atoms with Crippen molar-refractivity contribution in [3.63, 3.8) is 0 Å². The molecule has 6 heteroatoms. The number of hydrogen-bond acceptors (Lipinski definition) is 4. The molecule has 0 saturated carbocycles. The number of fused-ring (bicyclic) bond motifs is 1. The molecule has 2 aliphatic rings. The summed E-state index contributed by atoms with van der Waals surface area (Å²) >= 11 is 0. The maximum atomic E-state index is 13.0. The lowest BCUT2D eigenvalue weighted by Gasteiger charge is -2.32. The molecular weight excluding hydrogens is 356 g/mol. The number of carbonyl (C=O) groups excluding carboxylic acids is 1. The molecule has 2 aromatic carbocycles. The number of methoxy groups -OCH3 is 1. The predicted molar refractivity (Wildman–Crippen MR) is 104 cm³/mol. The Balaban J connectivity index is 1.61. The van der Waals surface area contributed by atoms with Gasteiger partial charge in [0.2, 0.25) is 0 Å². The minimum Gasteiger partial charge on any atom is -0.497 e. The molecule has 1 saturated heterocycles. The van der Waals surface area contributed by atoms with Crippen LogP contribution in [0.15, 0.2) is 48.5 Å². The molecule has 1 amide bonds. The van der Waals surface area contributed by atoms with Crippen molar-refractivity contribution >= 4 is 11.9 Å². The summed E-state index contributed by atoms with van der Waals surface area (Å²) in [6, 6.07) is 15.5. The molecule has 0 aliphatic carbocycles. The fraction of sp³-hybridized carbons (Fsp3) is 0.364. The Morgan fingerprint density at radius 3 is 2.79 bits per heavy atom. The minimum atomic E-state index is -0.862. The van der Waals surface area contributed by atoms with Gasteiger partial charge in [-0.2, -0.15) is 0 Å². The van der Waals surface area contributed by atoms with Gasteiger partial charge in [0, 0.05) is 25.2 Å². The molecule has 1 spiro atoms. The second kappa shape index (κ2) is 7.28. The van der Waals surface area contributed by atoms with Crippen LogP contribution in [-0.2, 0) is 17.8 Å². The molecule has 1 fully saturated rings. The van der Waals surface area contributed by atoms with Crippen molar-refractivity contribution in [2.75, 3.05) is 20.2 Å². The molecular formula is C22H24N2O4. The first kappa shape index (κ1) is 18.5. The van der Waals surface area contributed by atoms with Gasteiger partial charge in [-0.1, -0.05) is 36.4 Å². The first-order chi connectivity index (χ1) is 13.5. The summed E-state index contributed by atoms with van der Waals surface area (Å²) in [6.07, 6.45) is 1.25. The third kappa shape index (κ3) is 3.36. The van der Waals surface area contributed by atoms with Gasteiger partial charge in [-0.25, -0.2) is 0 Å². The summed E-state index contributed by atoms with van der Waals surface area (Å²) < 4.78 is 5.25. The topological polar surface area (TPSA) is 78.9 Å². The van der Waals surface area contributed by atoms with Gasteiger partial charge in [0.25, 0.3) is 5.91 Å². The number of likely N-dealkylation sites (tertiary alicyclic amines) is 1. The molecule has 146 valence electrons. The van der Waals surface area contributed by atoms with E-state index in [1.54, 1.807) is 13.2 Å². The van der Waals surface area contributed by atoms with Crippen molar-refractivity contribution in [1.29, 1.82) is 0 Å². The summed E-state index contributed by atoms with van der Waals surface area (Å²) in [5.41, 5.74) is 1.86. The Bertz CT molecular complexity index is 899. The molecule has 2 N–H and O–H groups in total. The molecule has 0 bridgehead atoms. The number of carbonyl (C=O) groups is 2. The van der Waals surface area contributed by atoms with Gasteiger partial charge in [-0.15, -0.1) is 0 Å². The largest absolute Gasteiger partial charge is 0.497 e. The van der Waals surface area contributed by atoms with Gasteiger partial charge in [0.05, 0.1) is 18.6 Å². The highest BCUT2D eigenvalue weighted by molar-refractivity contribution is 5.97. The van der Waals surface area contributed by atoms with E-state index >= 15 is 0 Å². The van der Waals surface area contributed by atoms with Gasteiger partial charge in [0.15, 0.2) is 0 Å². The Morgan fingerprint density at radius 2 is 2.07 bits per heavy atom. The standard InChI is InChI=1S/C22H24N2O4/c1-28-17-8-7-16-9-10-22(23-20(25)18(16)11-17)14-24(13-19(22)21(26)27)12-15-5-3-2-4-6-15/h2-8,11,19H,9-10,12-14H2,1H3,(H,23,25)(H,26,27)/t19-,22+/m0/s1. The van der Waals surface area contributed by atoms with E-state index in [4.69, 9.17) is 4.74 Å². The number of carboxylic acid groups (broad SMARTS) is 1. The van der Waals surface area contributed by atoms with Gasteiger partial charge in [-0.05, 0) is 36.1 Å². The number of nitrogens with one attached hydrogen (secondary N) is 1. The first-order valence-electron chi connectivity index (χ1n) is 9.49. The van der Waals surface area contributed by atoms with Crippen molar-refractivity contribution in [2.45, 2.75) is 24.9 Å². The van der Waals surface area contributed by atoms with Gasteiger partial charge < -0.3 is 15.2 Å². The number of nitrogens with zero attached hydrogens (tertiary/aromatic N) is 1. The van der Waals surface area contributed by atoms with Crippen LogP contribution in [0.5, 0.6) is 5.75 Å². The van der Waals surface area contributed by atoms with E-state index in [0.717, 1.165) is 11.1 Å². The molecule has 2 heterocycles. The minimum absolute atomic E-state index is 0.223. The normalized spacial score (nSPS) is 24.5. The Labute approximate surface area is 164 Å². The van der Waals surface area contributed by atoms with Crippen LogP contribution in [0.2, 0.25) is 0 Å². The SMILES string of the molecule is COc1ccc2c(c1)C(=O)N[C@]1(CC2)CN(Cc2ccccc2)C[C@H]1C(=O)O. The van der Waals surface area contributed by atoms with E-state index in [0.29, 0.717) is 43.8 Å². The van der Waals surface area contributed by atoms with Gasteiger partial charge >= 0.3 is 5.97 Å². The van der Waals surface area contributed by atoms with Crippen molar-refractivity contribution in [3.8, 4) is 5.75 Å². The molecule has 6 nitrogen and oxygen atoms in total. The summed E-state index contributed by atoms with van der Waals surface area (Å²) in [6.45, 7) is 1.61. The highest BCUT2D eigenvalue weighted by Crippen LogP contribution is 2.36. The third-order valence-corrected chi connectivity index (χ3v) is 5.93. The van der Waals surface area contributed by atoms with Gasteiger partial charge in [-0.3, -0.25) is 14.5 Å². The maximum absolute atomic E-state index is 13.0. The summed E-state index contributed by atoms with van der Waals surface area (Å²) in [7, 11) is 1.57. The number of benzene rings is 2. The highest BCUT2D eigenvalue weighted by atomic mass is 16.5. The van der Waals surface area contributed by atoms with Crippen molar-refractivity contribution in [2.24, 2.45) is 5.92 Å². The zero-order valence-electron chi connectivity index (χ0n) is 15.9. The Hall–Kier alpha value is -2.86. The number of carboxylic acids is 1. The number of hydrogen-bond donors (Lipinski definition) is 2. The van der Waals surface area contributed by atoms with Crippen LogP contribution in [0.4, 0.5) is 0 Å². The van der Waals surface area contributed by atoms with Crippen LogP contribution in [0.25, 0.3) is 0 Å². The maximum Gasteiger partial charge on any atom is 0.310 e. The van der Waals surface area contributed by atoms with Crippen molar-refractivity contribution in [1.82, 2.24) is 10.2 Å². The zero-order chi connectivity index (χ0) is 19.7. The predicted octanol–water partition coefficient (Wildman–Crippen LogP) is 2.33. The van der Waals surface area contributed by atoms with Crippen LogP contribution in [0, 0.1) is 5.92 Å². The number of aliphatic carboxylic acids is 1. The molecule has 0 radical (unpaired) electrons. The van der Waals surface area contributed by atoms with E-state index in [1.165, 1.54) is 0 Å². The number of ether oxygens (including phenoxy) is 1. The fourth-order valence-electron chi connectivity index (χ4n) is 4.49. The number of amides is 1. The van der Waals surface area contributed by atoms with Crippen LogP contribution < -0.4 is 10.1 Å². The molecule has 2 atom stereocenters. The van der Waals surface area contributed by atoms with Crippen LogP contribution in [-0.4, -0.2) is 47.6 Å². The van der Waals surface area contributed by atoms with E-state index in [2.05, 4.69) is 10.2 Å². The van der Waals surface area contributed by atoms with Gasteiger partial charge in [0.1, 0.15) is 5.75 Å². The first-order valence-corrected chi connectivity index (χ1v) is 9.49. The van der Waals surface area contributed by atoms with Crippen LogP contribution >= 0.6 is 0 Å². The average Bonchev–Trinajstić information content (AvgIpc) is 2.98. The Kier molecular flexibility index (Phi) is 4.81. The molecule has 0 unspecified atom stereocenters. The van der Waals surface area contributed by atoms with E-state index in [1.807, 2.05) is 42.5 Å². The molecule has 4 rings (SSSR count). The fourth-order valence-corrected chi connectivity index (χ4v) is 4.49. The van der Waals surface area contributed by atoms with Crippen LogP contribution in [0.1, 0.15) is 27.9 Å². The van der Waals surface area contributed by atoms with E-state index in [-0.39, 0.29) is 5.91 Å². The van der Waals surface area contributed by atoms with Crippen molar-refractivity contribution < 1.29 is 19.4 Å². The molecule has 2 aliphatic heterocycles. The summed E-state index contributed by atoms with van der Waals surface area (Å²) in [5.74, 6) is -1.10. The summed E-state index contributed by atoms with van der Waals surface area (Å²) in [5, 5.41) is 13.0. The zero-order valence-corrected chi connectivity index (χ0v) is 15.9. The van der Waals surface area contributed by atoms with Crippen molar-refractivity contribution in [3.05, 3.63) is 65.2 Å². The summed E-state index contributed by atoms with van der Waals surface area (Å²) in [4.78, 5) is 27.2. The quantitative estimate of drug-likeness (QED) is 0.851. The second-order valence-electron chi connectivity index (χ2n) is 7.68. The number of rotatable bonds is 4. The lowest BCUT2D eigenvalue weighted by atomic mass is 9.82. The molecule has 28 heavy (non-hydrogen) atoms. The lowest BCUT2D eigenvalue weighted by Crippen LogP contribution is -2.55. The van der Waals surface area contributed by atoms with Crippen LogP contribution in [0.3, 0.4) is 0 Å². The Morgan fingerprint density at radius 1 is 1.29 bits per heavy atom. The number of aryl methyl sites for hydroxylation is 1. The average molecular weight is 380 g/mol. The van der Waals surface area contributed by atoms with E-state index < -0.39 is 17.4 Å². The highest BCUT2D eigenvalue weighted by Gasteiger charge is 2.52. The third-order valence-electron chi connectivity index (χ3n) is 5.93.